The predicted octanol–water partition coefficient (Wildman–Crippen LogP) is 3.23. The first-order valence-corrected chi connectivity index (χ1v) is 4.61. The molecule has 13 heavy (non-hydrogen) atoms. The van der Waals surface area contributed by atoms with Crippen LogP contribution in [-0.4, -0.2) is 11.2 Å². The standard InChI is InChI=1S/C9H8N2.C2H6/c1-2-6-10-9-5-3-7-11-8(9)4-1;1-2/h1,3-7H,2H2;1-2H3. The van der Waals surface area contributed by atoms with Crippen LogP contribution >= 0.6 is 0 Å². The molecule has 0 N–H and O–H groups in total. The Morgan fingerprint density at radius 3 is 3.00 bits per heavy atom. The first-order chi connectivity index (χ1) is 6.47. The van der Waals surface area contributed by atoms with Gasteiger partial charge in [0.25, 0.3) is 0 Å². The Balaban J connectivity index is 0.000000396. The molecule has 1 aliphatic heterocycles. The van der Waals surface area contributed by atoms with E-state index < -0.39 is 0 Å². The highest BCUT2D eigenvalue weighted by atomic mass is 14.8. The van der Waals surface area contributed by atoms with Gasteiger partial charge in [-0.2, -0.15) is 0 Å². The SMILES string of the molecule is C1=Cc2ncccc2N=CC1.CC. The van der Waals surface area contributed by atoms with Gasteiger partial charge in [0.05, 0.1) is 11.4 Å². The van der Waals surface area contributed by atoms with Crippen LogP contribution in [0, 0.1) is 0 Å². The molecule has 0 amide bonds. The minimum atomic E-state index is 0.899. The Morgan fingerprint density at radius 1 is 1.31 bits per heavy atom. The van der Waals surface area contributed by atoms with E-state index in [1.165, 1.54) is 0 Å². The fraction of sp³-hybridized carbons (Fsp3) is 0.273. The largest absolute Gasteiger partial charge is 0.259 e. The van der Waals surface area contributed by atoms with Crippen molar-refractivity contribution in [2.75, 3.05) is 0 Å². The number of hydrogen-bond acceptors (Lipinski definition) is 2. The average molecular weight is 174 g/mol. The number of aromatic nitrogens is 1. The smallest absolute Gasteiger partial charge is 0.0882 e. The molecule has 2 rings (SSSR count). The Hall–Kier alpha value is -1.44. The third-order valence-electron chi connectivity index (χ3n) is 1.56. The Morgan fingerprint density at radius 2 is 2.15 bits per heavy atom. The molecule has 0 spiro atoms. The summed E-state index contributed by atoms with van der Waals surface area (Å²) >= 11 is 0. The van der Waals surface area contributed by atoms with Crippen LogP contribution in [0.5, 0.6) is 0 Å². The summed E-state index contributed by atoms with van der Waals surface area (Å²) < 4.78 is 0. The molecular formula is C11H14N2. The molecule has 0 saturated carbocycles. The molecule has 2 nitrogen and oxygen atoms in total. The van der Waals surface area contributed by atoms with Crippen LogP contribution in [0.4, 0.5) is 5.69 Å². The van der Waals surface area contributed by atoms with Gasteiger partial charge in [-0.1, -0.05) is 19.9 Å². The molecule has 0 aromatic carbocycles. The van der Waals surface area contributed by atoms with Crippen molar-refractivity contribution in [2.45, 2.75) is 20.3 Å². The van der Waals surface area contributed by atoms with E-state index in [0.717, 1.165) is 17.8 Å². The molecule has 0 atom stereocenters. The van der Waals surface area contributed by atoms with Crippen LogP contribution in [0.3, 0.4) is 0 Å². The fourth-order valence-electron chi connectivity index (χ4n) is 1.04. The third-order valence-corrected chi connectivity index (χ3v) is 1.56. The molecule has 68 valence electrons. The number of rotatable bonds is 0. The first-order valence-electron chi connectivity index (χ1n) is 4.61. The number of allylic oxidation sites excluding steroid dienone is 1. The molecule has 0 aliphatic carbocycles. The average Bonchev–Trinajstić information content (AvgIpc) is 2.45. The zero-order valence-corrected chi connectivity index (χ0v) is 8.07. The van der Waals surface area contributed by atoms with Crippen molar-refractivity contribution in [1.82, 2.24) is 4.98 Å². The summed E-state index contributed by atoms with van der Waals surface area (Å²) in [6, 6.07) is 3.86. The molecule has 1 aromatic rings. The van der Waals surface area contributed by atoms with Gasteiger partial charge in [0, 0.05) is 18.8 Å². The second-order valence-corrected chi connectivity index (χ2v) is 2.36. The lowest BCUT2D eigenvalue weighted by molar-refractivity contribution is 1.28. The van der Waals surface area contributed by atoms with Gasteiger partial charge in [-0.15, -0.1) is 0 Å². The van der Waals surface area contributed by atoms with E-state index in [-0.39, 0.29) is 0 Å². The van der Waals surface area contributed by atoms with Crippen LogP contribution in [0.2, 0.25) is 0 Å². The van der Waals surface area contributed by atoms with Crippen molar-refractivity contribution in [2.24, 2.45) is 4.99 Å². The quantitative estimate of drug-likeness (QED) is 0.592. The van der Waals surface area contributed by atoms with Crippen LogP contribution in [0.25, 0.3) is 6.08 Å². The zero-order valence-electron chi connectivity index (χ0n) is 8.07. The van der Waals surface area contributed by atoms with Crippen LogP contribution in [0.1, 0.15) is 26.0 Å². The normalized spacial score (nSPS) is 12.5. The van der Waals surface area contributed by atoms with Crippen molar-refractivity contribution >= 4 is 18.0 Å². The molecule has 2 heteroatoms. The van der Waals surface area contributed by atoms with E-state index in [0.29, 0.717) is 0 Å². The minimum absolute atomic E-state index is 0.899. The monoisotopic (exact) mass is 174 g/mol. The van der Waals surface area contributed by atoms with Gasteiger partial charge in [0.1, 0.15) is 0 Å². The maximum absolute atomic E-state index is 4.24. The molecular weight excluding hydrogens is 160 g/mol. The van der Waals surface area contributed by atoms with Gasteiger partial charge in [-0.25, -0.2) is 0 Å². The Kier molecular flexibility index (Phi) is 3.89. The van der Waals surface area contributed by atoms with Gasteiger partial charge in [-0.3, -0.25) is 9.98 Å². The maximum Gasteiger partial charge on any atom is 0.0882 e. The summed E-state index contributed by atoms with van der Waals surface area (Å²) in [7, 11) is 0. The number of fused-ring (bicyclic) bond motifs is 1. The molecule has 0 fully saturated rings. The molecule has 0 unspecified atom stereocenters. The zero-order chi connectivity index (χ0) is 9.52. The summed E-state index contributed by atoms with van der Waals surface area (Å²) in [5.41, 5.74) is 1.92. The summed E-state index contributed by atoms with van der Waals surface area (Å²) in [6.45, 7) is 4.00. The second-order valence-electron chi connectivity index (χ2n) is 2.36. The lowest BCUT2D eigenvalue weighted by atomic mass is 10.3. The highest BCUT2D eigenvalue weighted by Gasteiger charge is 1.97. The molecule has 0 saturated heterocycles. The van der Waals surface area contributed by atoms with Gasteiger partial charge in [0.15, 0.2) is 0 Å². The topological polar surface area (TPSA) is 25.2 Å². The minimum Gasteiger partial charge on any atom is -0.259 e. The summed E-state index contributed by atoms with van der Waals surface area (Å²) in [6.07, 6.45) is 8.63. The molecule has 0 bridgehead atoms. The first kappa shape index (κ1) is 9.65. The summed E-state index contributed by atoms with van der Waals surface area (Å²) in [5, 5.41) is 0. The lowest BCUT2D eigenvalue weighted by Crippen LogP contribution is -1.77. The van der Waals surface area contributed by atoms with Crippen LogP contribution in [0.15, 0.2) is 29.4 Å². The van der Waals surface area contributed by atoms with E-state index in [2.05, 4.69) is 16.1 Å². The number of hydrogen-bond donors (Lipinski definition) is 0. The van der Waals surface area contributed by atoms with Crippen LogP contribution < -0.4 is 0 Å². The third kappa shape index (κ3) is 2.51. The van der Waals surface area contributed by atoms with Crippen LogP contribution in [-0.2, 0) is 0 Å². The number of aliphatic imine (C=N–C) groups is 1. The molecule has 2 heterocycles. The lowest BCUT2D eigenvalue weighted by Gasteiger charge is -1.94. The van der Waals surface area contributed by atoms with Gasteiger partial charge < -0.3 is 0 Å². The second kappa shape index (κ2) is 5.25. The summed E-state index contributed by atoms with van der Waals surface area (Å²) in [5.74, 6) is 0. The summed E-state index contributed by atoms with van der Waals surface area (Å²) in [4.78, 5) is 8.42. The van der Waals surface area contributed by atoms with E-state index in [1.807, 2.05) is 38.3 Å². The van der Waals surface area contributed by atoms with Crippen molar-refractivity contribution in [3.63, 3.8) is 0 Å². The number of pyridine rings is 1. The van der Waals surface area contributed by atoms with Crippen molar-refractivity contribution < 1.29 is 0 Å². The maximum atomic E-state index is 4.24. The van der Waals surface area contributed by atoms with Gasteiger partial charge >= 0.3 is 0 Å². The molecule has 1 aromatic heterocycles. The Labute approximate surface area is 79.0 Å². The van der Waals surface area contributed by atoms with E-state index in [1.54, 1.807) is 6.20 Å². The fourth-order valence-corrected chi connectivity index (χ4v) is 1.04. The predicted molar refractivity (Wildman–Crippen MR) is 57.4 cm³/mol. The van der Waals surface area contributed by atoms with E-state index >= 15 is 0 Å². The van der Waals surface area contributed by atoms with Gasteiger partial charge in [-0.05, 0) is 18.2 Å². The van der Waals surface area contributed by atoms with E-state index in [4.69, 9.17) is 0 Å². The molecule has 0 radical (unpaired) electrons. The molecule has 1 aliphatic rings. The highest BCUT2D eigenvalue weighted by Crippen LogP contribution is 2.18. The van der Waals surface area contributed by atoms with E-state index in [9.17, 15) is 0 Å². The van der Waals surface area contributed by atoms with Gasteiger partial charge in [0.2, 0.25) is 0 Å². The number of nitrogens with zero attached hydrogens (tertiary/aromatic N) is 2. The highest BCUT2D eigenvalue weighted by molar-refractivity contribution is 5.73. The Bertz CT molecular complexity index is 283. The van der Waals surface area contributed by atoms with Crippen molar-refractivity contribution in [3.8, 4) is 0 Å². The van der Waals surface area contributed by atoms with Crippen molar-refractivity contribution in [1.29, 1.82) is 0 Å². The van der Waals surface area contributed by atoms with Crippen molar-refractivity contribution in [3.05, 3.63) is 30.1 Å².